The van der Waals surface area contributed by atoms with Gasteiger partial charge in [-0.3, -0.25) is 14.5 Å². The molecule has 0 saturated carbocycles. The Morgan fingerprint density at radius 1 is 1.04 bits per heavy atom. The van der Waals surface area contributed by atoms with Crippen molar-refractivity contribution >= 4 is 23.3 Å². The van der Waals surface area contributed by atoms with Crippen molar-refractivity contribution in [3.63, 3.8) is 0 Å². The maximum Gasteiger partial charge on any atom is 0.225 e. The number of carbonyl (C=O) groups excluding carboxylic acids is 2. The highest BCUT2D eigenvalue weighted by atomic mass is 16.2. The number of aromatic nitrogens is 2. The summed E-state index contributed by atoms with van der Waals surface area (Å²) in [6.07, 6.45) is 4.86. The summed E-state index contributed by atoms with van der Waals surface area (Å²) in [5.74, 6) is 0.992. The van der Waals surface area contributed by atoms with E-state index in [9.17, 15) is 9.59 Å². The number of piperazine rings is 1. The quantitative estimate of drug-likeness (QED) is 0.738. The number of hydrogen-bond acceptors (Lipinski definition) is 6. The average molecular weight is 379 g/mol. The molecule has 0 radical (unpaired) electrons. The van der Waals surface area contributed by atoms with Gasteiger partial charge in [-0.2, -0.15) is 0 Å². The number of rotatable bonds is 5. The maximum atomic E-state index is 12.7. The highest BCUT2D eigenvalue weighted by Gasteiger charge is 2.24. The largest absolute Gasteiger partial charge is 0.338 e. The van der Waals surface area contributed by atoms with Crippen LogP contribution >= 0.6 is 0 Å². The predicted molar refractivity (Wildman–Crippen MR) is 108 cm³/mol. The SMILES string of the molecule is CC(=O)N1CCc2cc(C(=O)CCN3CCN(c4ncccn4)CC3)ccc21. The average Bonchev–Trinajstić information content (AvgIpc) is 3.16. The summed E-state index contributed by atoms with van der Waals surface area (Å²) < 4.78 is 0. The molecule has 146 valence electrons. The standard InChI is InChI=1S/C21H25N5O2/c1-16(27)26-10-5-17-15-18(3-4-19(17)26)20(28)6-9-24-11-13-25(14-12-24)21-22-7-2-8-23-21/h2-4,7-8,15H,5-6,9-14H2,1H3. The van der Waals surface area contributed by atoms with Crippen LogP contribution in [0.25, 0.3) is 0 Å². The zero-order valence-corrected chi connectivity index (χ0v) is 16.2. The Morgan fingerprint density at radius 2 is 1.79 bits per heavy atom. The van der Waals surface area contributed by atoms with Crippen molar-refractivity contribution < 1.29 is 9.59 Å². The molecule has 3 heterocycles. The van der Waals surface area contributed by atoms with Gasteiger partial charge < -0.3 is 9.80 Å². The first kappa shape index (κ1) is 18.6. The minimum Gasteiger partial charge on any atom is -0.338 e. The van der Waals surface area contributed by atoms with Crippen LogP contribution in [0.4, 0.5) is 11.6 Å². The minimum atomic E-state index is 0.0536. The summed E-state index contributed by atoms with van der Waals surface area (Å²) in [6, 6.07) is 7.55. The molecule has 1 fully saturated rings. The third-order valence-corrected chi connectivity index (χ3v) is 5.54. The molecule has 4 rings (SSSR count). The van der Waals surface area contributed by atoms with E-state index in [1.807, 2.05) is 24.3 Å². The van der Waals surface area contributed by atoms with Crippen LogP contribution in [0.5, 0.6) is 0 Å². The first-order valence-corrected chi connectivity index (χ1v) is 9.80. The molecule has 2 aromatic rings. The van der Waals surface area contributed by atoms with E-state index < -0.39 is 0 Å². The Bertz CT molecular complexity index is 862. The van der Waals surface area contributed by atoms with Gasteiger partial charge in [0.25, 0.3) is 0 Å². The molecule has 1 aromatic heterocycles. The molecule has 0 unspecified atom stereocenters. The number of nitrogens with zero attached hydrogens (tertiary/aromatic N) is 5. The molecule has 2 aliphatic rings. The van der Waals surface area contributed by atoms with Gasteiger partial charge in [0, 0.05) is 76.3 Å². The smallest absolute Gasteiger partial charge is 0.225 e. The number of carbonyl (C=O) groups is 2. The third-order valence-electron chi connectivity index (χ3n) is 5.54. The lowest BCUT2D eigenvalue weighted by atomic mass is 10.0. The summed E-state index contributed by atoms with van der Waals surface area (Å²) in [5.41, 5.74) is 2.79. The number of fused-ring (bicyclic) bond motifs is 1. The molecule has 1 aromatic carbocycles. The number of amides is 1. The zero-order chi connectivity index (χ0) is 19.5. The lowest BCUT2D eigenvalue weighted by molar-refractivity contribution is -0.116. The zero-order valence-electron chi connectivity index (χ0n) is 16.2. The van der Waals surface area contributed by atoms with E-state index in [4.69, 9.17) is 0 Å². The second kappa shape index (κ2) is 8.06. The minimum absolute atomic E-state index is 0.0536. The van der Waals surface area contributed by atoms with Gasteiger partial charge in [-0.25, -0.2) is 9.97 Å². The molecule has 28 heavy (non-hydrogen) atoms. The van der Waals surface area contributed by atoms with E-state index in [-0.39, 0.29) is 11.7 Å². The monoisotopic (exact) mass is 379 g/mol. The molecule has 2 aliphatic heterocycles. The van der Waals surface area contributed by atoms with E-state index in [0.717, 1.165) is 61.9 Å². The first-order chi connectivity index (χ1) is 13.6. The third kappa shape index (κ3) is 3.89. The van der Waals surface area contributed by atoms with E-state index in [1.54, 1.807) is 24.2 Å². The predicted octanol–water partition coefficient (Wildman–Crippen LogP) is 1.78. The van der Waals surface area contributed by atoms with Gasteiger partial charge in [0.1, 0.15) is 0 Å². The summed E-state index contributed by atoms with van der Waals surface area (Å²) in [4.78, 5) is 39.2. The van der Waals surface area contributed by atoms with Crippen LogP contribution in [-0.2, 0) is 11.2 Å². The van der Waals surface area contributed by atoms with E-state index >= 15 is 0 Å². The summed E-state index contributed by atoms with van der Waals surface area (Å²) in [6.45, 7) is 6.61. The Morgan fingerprint density at radius 3 is 2.50 bits per heavy atom. The summed E-state index contributed by atoms with van der Waals surface area (Å²) in [5, 5.41) is 0. The van der Waals surface area contributed by atoms with Gasteiger partial charge in [-0.1, -0.05) is 0 Å². The Kier molecular flexibility index (Phi) is 5.34. The number of benzene rings is 1. The summed E-state index contributed by atoms with van der Waals surface area (Å²) in [7, 11) is 0. The fourth-order valence-corrected chi connectivity index (χ4v) is 3.93. The van der Waals surface area contributed by atoms with Crippen LogP contribution in [0.2, 0.25) is 0 Å². The Hall–Kier alpha value is -2.80. The first-order valence-electron chi connectivity index (χ1n) is 9.80. The van der Waals surface area contributed by atoms with E-state index in [0.29, 0.717) is 13.0 Å². The van der Waals surface area contributed by atoms with Gasteiger partial charge in [0.15, 0.2) is 5.78 Å². The van der Waals surface area contributed by atoms with Crippen molar-refractivity contribution in [2.75, 3.05) is 49.1 Å². The summed E-state index contributed by atoms with van der Waals surface area (Å²) >= 11 is 0. The molecule has 7 nitrogen and oxygen atoms in total. The highest BCUT2D eigenvalue weighted by Crippen LogP contribution is 2.29. The Labute approximate surface area is 165 Å². The van der Waals surface area contributed by atoms with E-state index in [1.165, 1.54) is 0 Å². The number of hydrogen-bond donors (Lipinski definition) is 0. The van der Waals surface area contributed by atoms with Gasteiger partial charge in [0.2, 0.25) is 11.9 Å². The molecule has 0 bridgehead atoms. The van der Waals surface area contributed by atoms with Crippen molar-refractivity contribution in [3.05, 3.63) is 47.8 Å². The number of Topliss-reactive ketones (excluding diaryl/α,β-unsaturated/α-hetero) is 1. The maximum absolute atomic E-state index is 12.7. The van der Waals surface area contributed by atoms with Gasteiger partial charge >= 0.3 is 0 Å². The Balaban J connectivity index is 1.29. The van der Waals surface area contributed by atoms with Crippen molar-refractivity contribution in [1.82, 2.24) is 14.9 Å². The normalized spacial score (nSPS) is 16.9. The van der Waals surface area contributed by atoms with Crippen LogP contribution in [0, 0.1) is 0 Å². The molecular formula is C21H25N5O2. The van der Waals surface area contributed by atoms with Gasteiger partial charge in [-0.05, 0) is 36.2 Å². The second-order valence-electron chi connectivity index (χ2n) is 7.31. The van der Waals surface area contributed by atoms with Crippen molar-refractivity contribution in [3.8, 4) is 0 Å². The van der Waals surface area contributed by atoms with Crippen LogP contribution in [0.1, 0.15) is 29.3 Å². The molecule has 0 aliphatic carbocycles. The molecule has 0 spiro atoms. The van der Waals surface area contributed by atoms with Crippen molar-refractivity contribution in [1.29, 1.82) is 0 Å². The molecule has 7 heteroatoms. The number of anilines is 2. The van der Waals surface area contributed by atoms with Crippen LogP contribution < -0.4 is 9.80 Å². The highest BCUT2D eigenvalue weighted by molar-refractivity contribution is 5.99. The lowest BCUT2D eigenvalue weighted by Gasteiger charge is -2.34. The van der Waals surface area contributed by atoms with Crippen molar-refractivity contribution in [2.24, 2.45) is 0 Å². The number of ketones is 1. The van der Waals surface area contributed by atoms with Crippen LogP contribution in [-0.4, -0.2) is 65.8 Å². The lowest BCUT2D eigenvalue weighted by Crippen LogP contribution is -2.47. The topological polar surface area (TPSA) is 69.6 Å². The second-order valence-corrected chi connectivity index (χ2v) is 7.31. The molecule has 0 N–H and O–H groups in total. The molecule has 1 amide bonds. The fourth-order valence-electron chi connectivity index (χ4n) is 3.93. The van der Waals surface area contributed by atoms with Gasteiger partial charge in [-0.15, -0.1) is 0 Å². The van der Waals surface area contributed by atoms with E-state index in [2.05, 4.69) is 19.8 Å². The van der Waals surface area contributed by atoms with Crippen LogP contribution in [0.3, 0.4) is 0 Å². The molecule has 1 saturated heterocycles. The fraction of sp³-hybridized carbons (Fsp3) is 0.429. The van der Waals surface area contributed by atoms with Crippen LogP contribution in [0.15, 0.2) is 36.7 Å². The van der Waals surface area contributed by atoms with Gasteiger partial charge in [0.05, 0.1) is 0 Å². The van der Waals surface area contributed by atoms with Crippen molar-refractivity contribution in [2.45, 2.75) is 19.8 Å². The molecular weight excluding hydrogens is 354 g/mol. The molecule has 0 atom stereocenters.